The molecule has 24 heavy (non-hydrogen) atoms. The van der Waals surface area contributed by atoms with Crippen molar-refractivity contribution in [1.82, 2.24) is 14.9 Å². The second-order valence-electron chi connectivity index (χ2n) is 5.10. The summed E-state index contributed by atoms with van der Waals surface area (Å²) in [4.78, 5) is 26.9. The van der Waals surface area contributed by atoms with Gasteiger partial charge in [-0.3, -0.25) is 14.9 Å². The molecule has 0 saturated carbocycles. The Hall–Kier alpha value is -3.48. The molecule has 0 spiro atoms. The standard InChI is InChI=1S/C17H14N4O3/c22-17(19-11-13-4-2-1-3-5-13)14-6-7-15(16(10-14)21(23)24)20-9-8-18-12-20/h1-10,12H,11H2,(H,19,22). The van der Waals surface area contributed by atoms with Gasteiger partial charge in [0.1, 0.15) is 5.69 Å². The number of nitrogens with one attached hydrogen (secondary N) is 1. The van der Waals surface area contributed by atoms with Gasteiger partial charge in [0, 0.05) is 30.6 Å². The molecule has 1 N–H and O–H groups in total. The van der Waals surface area contributed by atoms with Gasteiger partial charge in [0.15, 0.2) is 0 Å². The van der Waals surface area contributed by atoms with E-state index >= 15 is 0 Å². The zero-order chi connectivity index (χ0) is 16.9. The van der Waals surface area contributed by atoms with Crippen molar-refractivity contribution in [2.24, 2.45) is 0 Å². The van der Waals surface area contributed by atoms with Crippen LogP contribution in [-0.2, 0) is 6.54 Å². The smallest absolute Gasteiger partial charge is 0.294 e. The number of rotatable bonds is 5. The molecule has 0 aliphatic heterocycles. The molecular formula is C17H14N4O3. The highest BCUT2D eigenvalue weighted by Gasteiger charge is 2.18. The number of nitro benzene ring substituents is 1. The second kappa shape index (κ2) is 6.74. The first kappa shape index (κ1) is 15.4. The highest BCUT2D eigenvalue weighted by molar-refractivity contribution is 5.95. The van der Waals surface area contributed by atoms with Crippen molar-refractivity contribution in [2.45, 2.75) is 6.54 Å². The van der Waals surface area contributed by atoms with Crippen LogP contribution in [0.4, 0.5) is 5.69 Å². The van der Waals surface area contributed by atoms with E-state index in [1.165, 1.54) is 29.2 Å². The van der Waals surface area contributed by atoms with E-state index < -0.39 is 4.92 Å². The molecule has 2 aromatic carbocycles. The number of nitro groups is 1. The molecule has 3 rings (SSSR count). The number of aromatic nitrogens is 2. The molecular weight excluding hydrogens is 308 g/mol. The van der Waals surface area contributed by atoms with Crippen LogP contribution < -0.4 is 5.32 Å². The summed E-state index contributed by atoms with van der Waals surface area (Å²) in [6, 6.07) is 13.8. The largest absolute Gasteiger partial charge is 0.348 e. The zero-order valence-corrected chi connectivity index (χ0v) is 12.6. The summed E-state index contributed by atoms with van der Waals surface area (Å²) in [6.45, 7) is 0.358. The third-order valence-corrected chi connectivity index (χ3v) is 3.51. The maximum atomic E-state index is 12.2. The first-order valence-electron chi connectivity index (χ1n) is 7.24. The van der Waals surface area contributed by atoms with Gasteiger partial charge in [-0.2, -0.15) is 0 Å². The summed E-state index contributed by atoms with van der Waals surface area (Å²) in [5, 5.41) is 14.1. The SMILES string of the molecule is O=C(NCc1ccccc1)c1ccc(-n2ccnc2)c([N+](=O)[O-])c1. The minimum Gasteiger partial charge on any atom is -0.348 e. The molecule has 0 saturated heterocycles. The quantitative estimate of drug-likeness (QED) is 0.577. The van der Waals surface area contributed by atoms with Gasteiger partial charge >= 0.3 is 0 Å². The number of imidazole rings is 1. The lowest BCUT2D eigenvalue weighted by atomic mass is 10.1. The van der Waals surface area contributed by atoms with Crippen LogP contribution in [0.15, 0.2) is 67.3 Å². The van der Waals surface area contributed by atoms with Gasteiger partial charge in [-0.1, -0.05) is 30.3 Å². The van der Waals surface area contributed by atoms with E-state index in [1.807, 2.05) is 30.3 Å². The topological polar surface area (TPSA) is 90.1 Å². The van der Waals surface area contributed by atoms with Crippen LogP contribution in [-0.4, -0.2) is 20.4 Å². The van der Waals surface area contributed by atoms with Crippen molar-refractivity contribution >= 4 is 11.6 Å². The lowest BCUT2D eigenvalue weighted by molar-refractivity contribution is -0.384. The van der Waals surface area contributed by atoms with Crippen molar-refractivity contribution < 1.29 is 9.72 Å². The van der Waals surface area contributed by atoms with E-state index in [4.69, 9.17) is 0 Å². The molecule has 1 amide bonds. The second-order valence-corrected chi connectivity index (χ2v) is 5.10. The van der Waals surface area contributed by atoms with Crippen LogP contribution in [0.1, 0.15) is 15.9 Å². The number of carbonyl (C=O) groups is 1. The van der Waals surface area contributed by atoms with Crippen LogP contribution in [0.5, 0.6) is 0 Å². The predicted molar refractivity (Wildman–Crippen MR) is 87.8 cm³/mol. The Morgan fingerprint density at radius 2 is 2.00 bits per heavy atom. The zero-order valence-electron chi connectivity index (χ0n) is 12.6. The third-order valence-electron chi connectivity index (χ3n) is 3.51. The normalized spacial score (nSPS) is 10.3. The van der Waals surface area contributed by atoms with Crippen LogP contribution in [0.25, 0.3) is 5.69 Å². The molecule has 0 fully saturated rings. The van der Waals surface area contributed by atoms with E-state index in [0.717, 1.165) is 5.56 Å². The average molecular weight is 322 g/mol. The fourth-order valence-electron chi connectivity index (χ4n) is 2.31. The Balaban J connectivity index is 1.82. The highest BCUT2D eigenvalue weighted by atomic mass is 16.6. The molecule has 0 atom stereocenters. The Kier molecular flexibility index (Phi) is 4.33. The minimum absolute atomic E-state index is 0.152. The summed E-state index contributed by atoms with van der Waals surface area (Å²) >= 11 is 0. The summed E-state index contributed by atoms with van der Waals surface area (Å²) in [7, 11) is 0. The molecule has 3 aromatic rings. The van der Waals surface area contributed by atoms with Gasteiger partial charge < -0.3 is 9.88 Å². The fraction of sp³-hybridized carbons (Fsp3) is 0.0588. The van der Waals surface area contributed by atoms with Crippen molar-refractivity contribution in [3.05, 3.63) is 88.5 Å². The van der Waals surface area contributed by atoms with E-state index in [9.17, 15) is 14.9 Å². The monoisotopic (exact) mass is 322 g/mol. The molecule has 0 unspecified atom stereocenters. The molecule has 0 radical (unpaired) electrons. The molecule has 1 aromatic heterocycles. The maximum Gasteiger partial charge on any atom is 0.294 e. The number of hydrogen-bond acceptors (Lipinski definition) is 4. The first-order chi connectivity index (χ1) is 11.6. The van der Waals surface area contributed by atoms with Gasteiger partial charge in [0.2, 0.25) is 0 Å². The molecule has 0 bridgehead atoms. The van der Waals surface area contributed by atoms with Crippen molar-refractivity contribution in [3.8, 4) is 5.69 Å². The number of amides is 1. The van der Waals surface area contributed by atoms with Gasteiger partial charge in [0.05, 0.1) is 11.3 Å². The van der Waals surface area contributed by atoms with Gasteiger partial charge in [-0.15, -0.1) is 0 Å². The van der Waals surface area contributed by atoms with Crippen LogP contribution in [0.3, 0.4) is 0 Å². The predicted octanol–water partition coefficient (Wildman–Crippen LogP) is 2.71. The average Bonchev–Trinajstić information content (AvgIpc) is 3.14. The summed E-state index contributed by atoms with van der Waals surface area (Å²) in [5.41, 5.74) is 1.40. The lowest BCUT2D eigenvalue weighted by Crippen LogP contribution is -2.22. The number of nitrogens with zero attached hydrogens (tertiary/aromatic N) is 3. The molecule has 0 aliphatic carbocycles. The van der Waals surface area contributed by atoms with Crippen molar-refractivity contribution in [2.75, 3.05) is 0 Å². The Morgan fingerprint density at radius 3 is 2.67 bits per heavy atom. The van der Waals surface area contributed by atoms with Crippen LogP contribution >= 0.6 is 0 Å². The lowest BCUT2D eigenvalue weighted by Gasteiger charge is -2.08. The van der Waals surface area contributed by atoms with E-state index in [-0.39, 0.29) is 17.2 Å². The van der Waals surface area contributed by atoms with Crippen LogP contribution in [0, 0.1) is 10.1 Å². The van der Waals surface area contributed by atoms with Gasteiger partial charge in [-0.25, -0.2) is 4.98 Å². The van der Waals surface area contributed by atoms with E-state index in [1.54, 1.807) is 12.3 Å². The van der Waals surface area contributed by atoms with Crippen molar-refractivity contribution in [1.29, 1.82) is 0 Å². The number of benzene rings is 2. The molecule has 120 valence electrons. The number of hydrogen-bond donors (Lipinski definition) is 1. The molecule has 1 heterocycles. The highest BCUT2D eigenvalue weighted by Crippen LogP contribution is 2.24. The molecule has 0 aliphatic rings. The molecule has 7 heteroatoms. The van der Waals surface area contributed by atoms with Crippen LogP contribution in [0.2, 0.25) is 0 Å². The summed E-state index contributed by atoms with van der Waals surface area (Å²) in [5.74, 6) is -0.362. The molecule has 7 nitrogen and oxygen atoms in total. The summed E-state index contributed by atoms with van der Waals surface area (Å²) in [6.07, 6.45) is 4.61. The fourth-order valence-corrected chi connectivity index (χ4v) is 2.31. The van der Waals surface area contributed by atoms with E-state index in [2.05, 4.69) is 10.3 Å². The summed E-state index contributed by atoms with van der Waals surface area (Å²) < 4.78 is 1.53. The first-order valence-corrected chi connectivity index (χ1v) is 7.24. The van der Waals surface area contributed by atoms with Gasteiger partial charge in [0.25, 0.3) is 11.6 Å². The minimum atomic E-state index is -0.511. The third kappa shape index (κ3) is 3.30. The van der Waals surface area contributed by atoms with Crippen molar-refractivity contribution in [3.63, 3.8) is 0 Å². The Morgan fingerprint density at radius 1 is 1.21 bits per heavy atom. The van der Waals surface area contributed by atoms with Gasteiger partial charge in [-0.05, 0) is 17.7 Å². The Bertz CT molecular complexity index is 861. The number of carbonyl (C=O) groups excluding carboxylic acids is 1. The Labute approximate surface area is 137 Å². The van der Waals surface area contributed by atoms with E-state index in [0.29, 0.717) is 12.2 Å². The maximum absolute atomic E-state index is 12.2.